The van der Waals surface area contributed by atoms with E-state index in [0.717, 1.165) is 4.31 Å². The van der Waals surface area contributed by atoms with Crippen LogP contribution >= 0.6 is 0 Å². The molecule has 9 heteroatoms. The highest BCUT2D eigenvalue weighted by molar-refractivity contribution is 7.89. The number of hydrogen-bond acceptors (Lipinski definition) is 6. The molecule has 0 heterocycles. The molecule has 0 aromatic heterocycles. The second kappa shape index (κ2) is 6.53. The lowest BCUT2D eigenvalue weighted by Gasteiger charge is -2.12. The Morgan fingerprint density at radius 2 is 2.05 bits per heavy atom. The van der Waals surface area contributed by atoms with E-state index in [2.05, 4.69) is 5.32 Å². The zero-order chi connectivity index (χ0) is 15.3. The molecule has 0 spiro atoms. The van der Waals surface area contributed by atoms with Gasteiger partial charge in [0.2, 0.25) is 10.0 Å². The van der Waals surface area contributed by atoms with Gasteiger partial charge in [0.05, 0.1) is 17.8 Å². The van der Waals surface area contributed by atoms with Gasteiger partial charge in [0.15, 0.2) is 0 Å². The van der Waals surface area contributed by atoms with Crippen LogP contribution in [0.2, 0.25) is 0 Å². The number of ether oxygens (including phenoxy) is 1. The van der Waals surface area contributed by atoms with Crippen molar-refractivity contribution in [1.29, 1.82) is 0 Å². The molecule has 1 aromatic rings. The smallest absolute Gasteiger partial charge is 0.292 e. The number of nitro groups is 1. The average molecular weight is 303 g/mol. The number of rotatable bonds is 7. The SMILES string of the molecule is COc1ccc([N+](=O)[O-])c(NCCS(=O)(=O)N(C)C)c1. The summed E-state index contributed by atoms with van der Waals surface area (Å²) in [5, 5.41) is 13.6. The first-order chi connectivity index (χ1) is 9.27. The monoisotopic (exact) mass is 303 g/mol. The van der Waals surface area contributed by atoms with Crippen molar-refractivity contribution in [2.75, 3.05) is 38.8 Å². The van der Waals surface area contributed by atoms with E-state index in [9.17, 15) is 18.5 Å². The largest absolute Gasteiger partial charge is 0.497 e. The fourth-order valence-corrected chi connectivity index (χ4v) is 2.17. The van der Waals surface area contributed by atoms with E-state index >= 15 is 0 Å². The Kier molecular flexibility index (Phi) is 5.28. The van der Waals surface area contributed by atoms with E-state index in [0.29, 0.717) is 5.75 Å². The van der Waals surface area contributed by atoms with Crippen molar-refractivity contribution in [2.24, 2.45) is 0 Å². The van der Waals surface area contributed by atoms with Gasteiger partial charge in [-0.25, -0.2) is 12.7 Å². The van der Waals surface area contributed by atoms with Crippen molar-refractivity contribution in [2.45, 2.75) is 0 Å². The van der Waals surface area contributed by atoms with Crippen LogP contribution < -0.4 is 10.1 Å². The predicted octanol–water partition coefficient (Wildman–Crippen LogP) is 0.907. The summed E-state index contributed by atoms with van der Waals surface area (Å²) in [4.78, 5) is 10.3. The topological polar surface area (TPSA) is 102 Å². The van der Waals surface area contributed by atoms with Gasteiger partial charge in [-0.3, -0.25) is 10.1 Å². The fraction of sp³-hybridized carbons (Fsp3) is 0.455. The van der Waals surface area contributed by atoms with Gasteiger partial charge in [0, 0.05) is 32.8 Å². The third-order valence-electron chi connectivity index (χ3n) is 2.63. The number of hydrogen-bond donors (Lipinski definition) is 1. The summed E-state index contributed by atoms with van der Waals surface area (Å²) in [5.74, 6) is 0.294. The maximum absolute atomic E-state index is 11.6. The van der Waals surface area contributed by atoms with Crippen LogP contribution in [-0.2, 0) is 10.0 Å². The molecule has 0 amide bonds. The summed E-state index contributed by atoms with van der Waals surface area (Å²) in [6.45, 7) is 0.0640. The first-order valence-corrected chi connectivity index (χ1v) is 7.35. The van der Waals surface area contributed by atoms with Crippen LogP contribution in [0.4, 0.5) is 11.4 Å². The van der Waals surface area contributed by atoms with E-state index < -0.39 is 14.9 Å². The van der Waals surface area contributed by atoms with Crippen molar-refractivity contribution in [3.05, 3.63) is 28.3 Å². The first-order valence-electron chi connectivity index (χ1n) is 5.74. The van der Waals surface area contributed by atoms with Crippen molar-refractivity contribution >= 4 is 21.4 Å². The summed E-state index contributed by atoms with van der Waals surface area (Å²) in [5.41, 5.74) is 0.0938. The predicted molar refractivity (Wildman–Crippen MR) is 75.6 cm³/mol. The van der Waals surface area contributed by atoms with Crippen LogP contribution in [0.1, 0.15) is 0 Å². The van der Waals surface area contributed by atoms with Gasteiger partial charge < -0.3 is 10.1 Å². The van der Waals surface area contributed by atoms with Crippen molar-refractivity contribution < 1.29 is 18.1 Å². The van der Waals surface area contributed by atoms with Crippen LogP contribution in [0.5, 0.6) is 5.75 Å². The molecule has 20 heavy (non-hydrogen) atoms. The normalized spacial score (nSPS) is 11.4. The Hall–Kier alpha value is -1.87. The molecule has 8 nitrogen and oxygen atoms in total. The Labute approximate surface area is 117 Å². The lowest BCUT2D eigenvalue weighted by Crippen LogP contribution is -2.28. The second-order valence-electron chi connectivity index (χ2n) is 4.17. The Morgan fingerprint density at radius 3 is 2.55 bits per heavy atom. The third-order valence-corrected chi connectivity index (χ3v) is 4.46. The number of nitro benzene ring substituents is 1. The molecular weight excluding hydrogens is 286 g/mol. The molecule has 0 atom stereocenters. The molecule has 0 fully saturated rings. The summed E-state index contributed by atoms with van der Waals surface area (Å²) >= 11 is 0. The third kappa shape index (κ3) is 4.07. The summed E-state index contributed by atoms with van der Waals surface area (Å²) < 4.78 is 29.3. The number of sulfonamides is 1. The zero-order valence-electron chi connectivity index (χ0n) is 11.5. The highest BCUT2D eigenvalue weighted by atomic mass is 32.2. The highest BCUT2D eigenvalue weighted by Crippen LogP contribution is 2.28. The van der Waals surface area contributed by atoms with Crippen molar-refractivity contribution in [1.82, 2.24) is 4.31 Å². The van der Waals surface area contributed by atoms with Gasteiger partial charge in [0.25, 0.3) is 5.69 Å². The molecular formula is C11H17N3O5S. The molecule has 0 radical (unpaired) electrons. The van der Waals surface area contributed by atoms with Gasteiger partial charge in [-0.2, -0.15) is 0 Å². The van der Waals surface area contributed by atoms with Gasteiger partial charge in [-0.15, -0.1) is 0 Å². The van der Waals surface area contributed by atoms with Crippen LogP contribution in [0.15, 0.2) is 18.2 Å². The van der Waals surface area contributed by atoms with Crippen LogP contribution in [0, 0.1) is 10.1 Å². The van der Waals surface area contributed by atoms with E-state index in [4.69, 9.17) is 4.74 Å². The van der Waals surface area contributed by atoms with Crippen molar-refractivity contribution in [3.63, 3.8) is 0 Å². The summed E-state index contributed by atoms with van der Waals surface area (Å²) in [6, 6.07) is 4.24. The molecule has 1 aromatic carbocycles. The number of anilines is 1. The van der Waals surface area contributed by atoms with Crippen LogP contribution in [0.25, 0.3) is 0 Å². The van der Waals surface area contributed by atoms with E-state index in [1.807, 2.05) is 0 Å². The Bertz CT molecular complexity index is 586. The molecule has 112 valence electrons. The summed E-state index contributed by atoms with van der Waals surface area (Å²) in [7, 11) is 0.966. The number of nitrogens with zero attached hydrogens (tertiary/aromatic N) is 2. The van der Waals surface area contributed by atoms with Crippen LogP contribution in [-0.4, -0.2) is 51.1 Å². The molecule has 0 saturated carbocycles. The molecule has 0 unspecified atom stereocenters. The number of methoxy groups -OCH3 is 1. The molecule has 0 aliphatic rings. The number of benzene rings is 1. The second-order valence-corrected chi connectivity index (χ2v) is 6.47. The minimum atomic E-state index is -3.35. The van der Waals surface area contributed by atoms with Gasteiger partial charge in [-0.1, -0.05) is 0 Å². The minimum Gasteiger partial charge on any atom is -0.497 e. The molecule has 1 rings (SSSR count). The maximum Gasteiger partial charge on any atom is 0.292 e. The zero-order valence-corrected chi connectivity index (χ0v) is 12.3. The Balaban J connectivity index is 2.84. The lowest BCUT2D eigenvalue weighted by molar-refractivity contribution is -0.384. The summed E-state index contributed by atoms with van der Waals surface area (Å²) in [6.07, 6.45) is 0. The van der Waals surface area contributed by atoms with E-state index in [1.54, 1.807) is 0 Å². The Morgan fingerprint density at radius 1 is 1.40 bits per heavy atom. The molecule has 1 N–H and O–H groups in total. The minimum absolute atomic E-state index is 0.0640. The fourth-order valence-electron chi connectivity index (χ4n) is 1.44. The lowest BCUT2D eigenvalue weighted by atomic mass is 10.2. The molecule has 0 saturated heterocycles. The molecule has 0 aliphatic carbocycles. The van der Waals surface area contributed by atoms with Gasteiger partial charge >= 0.3 is 0 Å². The van der Waals surface area contributed by atoms with E-state index in [1.165, 1.54) is 39.4 Å². The number of nitrogens with one attached hydrogen (secondary N) is 1. The average Bonchev–Trinajstić information content (AvgIpc) is 2.37. The molecule has 0 aliphatic heterocycles. The maximum atomic E-state index is 11.6. The van der Waals surface area contributed by atoms with Crippen LogP contribution in [0.3, 0.4) is 0 Å². The standard InChI is InChI=1S/C11H17N3O5S/c1-13(2)20(17,18)7-6-12-10-8-9(19-3)4-5-11(10)14(15)16/h4-5,8,12H,6-7H2,1-3H3. The molecule has 0 bridgehead atoms. The van der Waals surface area contributed by atoms with Gasteiger partial charge in [0.1, 0.15) is 11.4 Å². The van der Waals surface area contributed by atoms with Crippen molar-refractivity contribution in [3.8, 4) is 5.75 Å². The first kappa shape index (κ1) is 16.2. The highest BCUT2D eigenvalue weighted by Gasteiger charge is 2.17. The quantitative estimate of drug-likeness (QED) is 0.593. The van der Waals surface area contributed by atoms with Gasteiger partial charge in [-0.05, 0) is 6.07 Å². The van der Waals surface area contributed by atoms with E-state index in [-0.39, 0.29) is 23.7 Å².